The van der Waals surface area contributed by atoms with Gasteiger partial charge in [-0.3, -0.25) is 4.98 Å². The maximum atomic E-state index is 9.38. The van der Waals surface area contributed by atoms with Gasteiger partial charge in [0.15, 0.2) is 11.5 Å². The van der Waals surface area contributed by atoms with Gasteiger partial charge >= 0.3 is 0 Å². The Kier molecular flexibility index (Phi) is 4.08. The predicted molar refractivity (Wildman–Crippen MR) is 90.2 cm³/mol. The molecule has 0 aliphatic heterocycles. The Morgan fingerprint density at radius 3 is 2.96 bits per heavy atom. The first-order chi connectivity index (χ1) is 11.8. The molecule has 0 spiro atoms. The van der Waals surface area contributed by atoms with Crippen molar-refractivity contribution < 1.29 is 5.11 Å². The zero-order valence-electron chi connectivity index (χ0n) is 13.3. The third-order valence-corrected chi connectivity index (χ3v) is 4.57. The molecule has 3 heterocycles. The molecule has 7 nitrogen and oxygen atoms in total. The lowest BCUT2D eigenvalue weighted by Gasteiger charge is -2.31. The molecule has 2 N–H and O–H groups in total. The highest BCUT2D eigenvalue weighted by molar-refractivity contribution is 5.82. The second kappa shape index (κ2) is 6.52. The van der Waals surface area contributed by atoms with E-state index in [9.17, 15) is 5.11 Å². The largest absolute Gasteiger partial charge is 0.393 e. The van der Waals surface area contributed by atoms with Gasteiger partial charge in [0.2, 0.25) is 0 Å². The number of hydrogen-bond donors (Lipinski definition) is 2. The first-order valence-corrected chi connectivity index (χ1v) is 8.26. The molecule has 124 valence electrons. The molecular formula is C17H20N6O. The highest BCUT2D eigenvalue weighted by Crippen LogP contribution is 2.30. The second-order valence-corrected chi connectivity index (χ2v) is 6.33. The van der Waals surface area contributed by atoms with Crippen molar-refractivity contribution in [2.24, 2.45) is 5.92 Å². The van der Waals surface area contributed by atoms with Crippen LogP contribution in [0.15, 0.2) is 37.2 Å². The third kappa shape index (κ3) is 3.07. The summed E-state index contributed by atoms with van der Waals surface area (Å²) in [5.74, 6) is 1.35. The summed E-state index contributed by atoms with van der Waals surface area (Å²) in [5.41, 5.74) is 2.72. The summed E-state index contributed by atoms with van der Waals surface area (Å²) in [6.45, 7) is 1.51. The smallest absolute Gasteiger partial charge is 0.165 e. The fourth-order valence-corrected chi connectivity index (χ4v) is 3.12. The van der Waals surface area contributed by atoms with E-state index < -0.39 is 0 Å². The minimum Gasteiger partial charge on any atom is -0.393 e. The Morgan fingerprint density at radius 2 is 2.17 bits per heavy atom. The van der Waals surface area contributed by atoms with Gasteiger partial charge < -0.3 is 15.0 Å². The number of aryl methyl sites for hydroxylation is 1. The van der Waals surface area contributed by atoms with Crippen LogP contribution in [-0.2, 0) is 13.1 Å². The first kappa shape index (κ1) is 15.0. The van der Waals surface area contributed by atoms with Crippen LogP contribution in [0.3, 0.4) is 0 Å². The zero-order valence-corrected chi connectivity index (χ0v) is 13.3. The number of nitrogens with one attached hydrogen (secondary N) is 1. The lowest BCUT2D eigenvalue weighted by atomic mass is 9.80. The van der Waals surface area contributed by atoms with Crippen molar-refractivity contribution in [3.63, 3.8) is 0 Å². The van der Waals surface area contributed by atoms with Crippen molar-refractivity contribution in [2.45, 2.75) is 38.5 Å². The van der Waals surface area contributed by atoms with Crippen molar-refractivity contribution in [1.29, 1.82) is 0 Å². The number of pyridine rings is 1. The summed E-state index contributed by atoms with van der Waals surface area (Å²) in [5, 5.41) is 12.7. The van der Waals surface area contributed by atoms with Gasteiger partial charge in [0.1, 0.15) is 11.8 Å². The number of hydrogen-bond acceptors (Lipinski definition) is 6. The fourth-order valence-electron chi connectivity index (χ4n) is 3.12. The molecule has 0 unspecified atom stereocenters. The SMILES string of the molecule is OC1CC(CCn2cnc3c(NCc4cccnc4)ncnc32)C1. The molecule has 0 atom stereocenters. The predicted octanol–water partition coefficient (Wildman–Crippen LogP) is 1.99. The van der Waals surface area contributed by atoms with E-state index in [-0.39, 0.29) is 6.10 Å². The molecule has 3 aromatic heterocycles. The Bertz CT molecular complexity index is 812. The topological polar surface area (TPSA) is 88.8 Å². The maximum Gasteiger partial charge on any atom is 0.165 e. The number of aliphatic hydroxyl groups is 1. The molecule has 0 radical (unpaired) electrons. The van der Waals surface area contributed by atoms with Gasteiger partial charge in [0.05, 0.1) is 12.4 Å². The van der Waals surface area contributed by atoms with E-state index in [0.717, 1.165) is 48.4 Å². The Hall–Kier alpha value is -2.54. The van der Waals surface area contributed by atoms with E-state index in [1.165, 1.54) is 0 Å². The number of rotatable bonds is 6. The molecular weight excluding hydrogens is 304 g/mol. The van der Waals surface area contributed by atoms with E-state index in [1.807, 2.05) is 24.7 Å². The number of nitrogens with zero attached hydrogens (tertiary/aromatic N) is 5. The number of imidazole rings is 1. The minimum absolute atomic E-state index is 0.0971. The molecule has 0 amide bonds. The molecule has 1 fully saturated rings. The van der Waals surface area contributed by atoms with E-state index in [2.05, 4.69) is 29.8 Å². The van der Waals surface area contributed by atoms with Crippen molar-refractivity contribution in [3.8, 4) is 0 Å². The van der Waals surface area contributed by atoms with E-state index >= 15 is 0 Å². The molecule has 0 bridgehead atoms. The Balaban J connectivity index is 1.46. The fraction of sp³-hybridized carbons (Fsp3) is 0.412. The monoisotopic (exact) mass is 324 g/mol. The lowest BCUT2D eigenvalue weighted by molar-refractivity contribution is 0.0374. The van der Waals surface area contributed by atoms with Crippen LogP contribution in [-0.4, -0.2) is 35.7 Å². The molecule has 3 aromatic rings. The number of anilines is 1. The molecule has 0 saturated heterocycles. The number of fused-ring (bicyclic) bond motifs is 1. The van der Waals surface area contributed by atoms with Crippen LogP contribution in [0.1, 0.15) is 24.8 Å². The summed E-state index contributed by atoms with van der Waals surface area (Å²) in [4.78, 5) is 17.3. The van der Waals surface area contributed by atoms with Crippen LogP contribution in [0.25, 0.3) is 11.2 Å². The number of aliphatic hydroxyl groups excluding tert-OH is 1. The second-order valence-electron chi connectivity index (χ2n) is 6.33. The Morgan fingerprint density at radius 1 is 1.25 bits per heavy atom. The van der Waals surface area contributed by atoms with Crippen LogP contribution in [0, 0.1) is 5.92 Å². The number of aromatic nitrogens is 5. The van der Waals surface area contributed by atoms with Gasteiger partial charge in [-0.15, -0.1) is 0 Å². The molecule has 7 heteroatoms. The first-order valence-electron chi connectivity index (χ1n) is 8.26. The van der Waals surface area contributed by atoms with Crippen LogP contribution in [0.5, 0.6) is 0 Å². The van der Waals surface area contributed by atoms with Crippen molar-refractivity contribution >= 4 is 17.0 Å². The molecule has 0 aromatic carbocycles. The van der Waals surface area contributed by atoms with Crippen LogP contribution in [0.2, 0.25) is 0 Å². The van der Waals surface area contributed by atoms with Gasteiger partial charge in [-0.2, -0.15) is 0 Å². The highest BCUT2D eigenvalue weighted by Gasteiger charge is 2.26. The van der Waals surface area contributed by atoms with E-state index in [0.29, 0.717) is 12.5 Å². The van der Waals surface area contributed by atoms with Gasteiger partial charge in [-0.05, 0) is 36.8 Å². The van der Waals surface area contributed by atoms with Gasteiger partial charge in [0.25, 0.3) is 0 Å². The van der Waals surface area contributed by atoms with Crippen molar-refractivity contribution in [3.05, 3.63) is 42.7 Å². The molecule has 1 aliphatic carbocycles. The quantitative estimate of drug-likeness (QED) is 0.721. The normalized spacial score (nSPS) is 20.0. The van der Waals surface area contributed by atoms with Crippen molar-refractivity contribution in [2.75, 3.05) is 5.32 Å². The van der Waals surface area contributed by atoms with Crippen LogP contribution in [0.4, 0.5) is 5.82 Å². The maximum absolute atomic E-state index is 9.38. The summed E-state index contributed by atoms with van der Waals surface area (Å²) in [6, 6.07) is 3.93. The van der Waals surface area contributed by atoms with Gasteiger partial charge in [0, 0.05) is 25.5 Å². The average molecular weight is 324 g/mol. The summed E-state index contributed by atoms with van der Waals surface area (Å²) < 4.78 is 2.07. The van der Waals surface area contributed by atoms with Gasteiger partial charge in [-0.1, -0.05) is 6.07 Å². The minimum atomic E-state index is -0.0971. The van der Waals surface area contributed by atoms with E-state index in [4.69, 9.17) is 0 Å². The van der Waals surface area contributed by atoms with Crippen molar-refractivity contribution in [1.82, 2.24) is 24.5 Å². The Labute approximate surface area is 139 Å². The standard InChI is InChI=1S/C17H20N6O/c24-14-6-12(7-14)3-5-23-11-22-15-16(20-10-21-17(15)23)19-9-13-2-1-4-18-8-13/h1-2,4,8,10-12,14,24H,3,5-7,9H2,(H,19,20,21). The summed E-state index contributed by atoms with van der Waals surface area (Å²) in [7, 11) is 0. The molecule has 4 rings (SSSR count). The summed E-state index contributed by atoms with van der Waals surface area (Å²) >= 11 is 0. The molecule has 1 saturated carbocycles. The van der Waals surface area contributed by atoms with Crippen LogP contribution < -0.4 is 5.32 Å². The zero-order chi connectivity index (χ0) is 16.4. The molecule has 24 heavy (non-hydrogen) atoms. The van der Waals surface area contributed by atoms with Crippen LogP contribution >= 0.6 is 0 Å². The highest BCUT2D eigenvalue weighted by atomic mass is 16.3. The third-order valence-electron chi connectivity index (χ3n) is 4.57. The van der Waals surface area contributed by atoms with E-state index in [1.54, 1.807) is 12.5 Å². The summed E-state index contributed by atoms with van der Waals surface area (Å²) in [6.07, 6.45) is 9.76. The average Bonchev–Trinajstić information content (AvgIpc) is 3.00. The van der Waals surface area contributed by atoms with Gasteiger partial charge in [-0.25, -0.2) is 15.0 Å². The lowest BCUT2D eigenvalue weighted by Crippen LogP contribution is -2.29. The molecule has 1 aliphatic rings.